The van der Waals surface area contributed by atoms with E-state index in [0.29, 0.717) is 11.3 Å². The largest absolute Gasteiger partial charge is 0.322 e. The SMILES string of the molecule is CC(C)(C)c1ccc(NC(=O)C2=CCC(F)(c3ncccc3F)CC2)cc1. The van der Waals surface area contributed by atoms with Gasteiger partial charge in [-0.1, -0.05) is 39.0 Å². The van der Waals surface area contributed by atoms with Crippen molar-refractivity contribution in [3.05, 3.63) is 71.3 Å². The number of aromatic nitrogens is 1. The van der Waals surface area contributed by atoms with E-state index in [4.69, 9.17) is 0 Å². The Morgan fingerprint density at radius 3 is 2.44 bits per heavy atom. The van der Waals surface area contributed by atoms with Crippen LogP contribution in [0.1, 0.15) is 51.3 Å². The number of carbonyl (C=O) groups is 1. The Labute approximate surface area is 158 Å². The molecule has 0 radical (unpaired) electrons. The lowest BCUT2D eigenvalue weighted by molar-refractivity contribution is -0.113. The van der Waals surface area contributed by atoms with Gasteiger partial charge in [-0.2, -0.15) is 0 Å². The molecule has 1 aromatic carbocycles. The summed E-state index contributed by atoms with van der Waals surface area (Å²) in [7, 11) is 0. The lowest BCUT2D eigenvalue weighted by Gasteiger charge is -2.28. The zero-order chi connectivity index (χ0) is 19.7. The minimum Gasteiger partial charge on any atom is -0.322 e. The normalized spacial score (nSPS) is 20.1. The monoisotopic (exact) mass is 370 g/mol. The molecule has 1 amide bonds. The van der Waals surface area contributed by atoms with Gasteiger partial charge in [0.2, 0.25) is 0 Å². The van der Waals surface area contributed by atoms with Gasteiger partial charge >= 0.3 is 0 Å². The number of rotatable bonds is 3. The summed E-state index contributed by atoms with van der Waals surface area (Å²) in [5.41, 5.74) is 0.375. The maximum absolute atomic E-state index is 15.1. The first kappa shape index (κ1) is 19.2. The second-order valence-electron chi connectivity index (χ2n) is 8.01. The van der Waals surface area contributed by atoms with Crippen molar-refractivity contribution < 1.29 is 13.6 Å². The molecule has 3 nitrogen and oxygen atoms in total. The zero-order valence-electron chi connectivity index (χ0n) is 15.9. The second-order valence-corrected chi connectivity index (χ2v) is 8.01. The van der Waals surface area contributed by atoms with Crippen LogP contribution in [0.3, 0.4) is 0 Å². The summed E-state index contributed by atoms with van der Waals surface area (Å²) in [4.78, 5) is 16.3. The number of alkyl halides is 1. The van der Waals surface area contributed by atoms with Gasteiger partial charge in [0.1, 0.15) is 11.5 Å². The summed E-state index contributed by atoms with van der Waals surface area (Å²) in [6.07, 6.45) is 3.14. The summed E-state index contributed by atoms with van der Waals surface area (Å²) in [6.45, 7) is 6.38. The molecule has 1 heterocycles. The number of anilines is 1. The number of hydrogen-bond donors (Lipinski definition) is 1. The Bertz CT molecular complexity index is 869. The zero-order valence-corrected chi connectivity index (χ0v) is 15.9. The maximum Gasteiger partial charge on any atom is 0.251 e. The number of carbonyl (C=O) groups excluding carboxylic acids is 1. The van der Waals surface area contributed by atoms with Gasteiger partial charge in [0, 0.05) is 23.9 Å². The van der Waals surface area contributed by atoms with Crippen molar-refractivity contribution in [2.24, 2.45) is 0 Å². The van der Waals surface area contributed by atoms with Crippen molar-refractivity contribution >= 4 is 11.6 Å². The smallest absolute Gasteiger partial charge is 0.251 e. The van der Waals surface area contributed by atoms with Crippen LogP contribution in [0.5, 0.6) is 0 Å². The third kappa shape index (κ3) is 4.24. The van der Waals surface area contributed by atoms with E-state index < -0.39 is 11.5 Å². The predicted octanol–water partition coefficient (Wildman–Crippen LogP) is 5.43. The van der Waals surface area contributed by atoms with Gasteiger partial charge in [0.25, 0.3) is 5.91 Å². The minimum absolute atomic E-state index is 0.0309. The number of nitrogens with zero attached hydrogens (tertiary/aromatic N) is 1. The van der Waals surface area contributed by atoms with Crippen LogP contribution < -0.4 is 5.32 Å². The molecule has 0 saturated carbocycles. The molecule has 1 atom stereocenters. The summed E-state index contributed by atoms with van der Waals surface area (Å²) in [5, 5.41) is 2.85. The third-order valence-electron chi connectivity index (χ3n) is 4.95. The van der Waals surface area contributed by atoms with E-state index >= 15 is 4.39 Å². The molecular weight excluding hydrogens is 346 g/mol. The molecule has 0 aliphatic heterocycles. The topological polar surface area (TPSA) is 42.0 Å². The van der Waals surface area contributed by atoms with Crippen LogP contribution in [0.25, 0.3) is 0 Å². The van der Waals surface area contributed by atoms with Crippen molar-refractivity contribution in [3.8, 4) is 0 Å². The molecule has 0 fully saturated rings. The fraction of sp³-hybridized carbons (Fsp3) is 0.364. The number of benzene rings is 1. The molecule has 5 heteroatoms. The van der Waals surface area contributed by atoms with Crippen molar-refractivity contribution in [2.45, 2.75) is 51.1 Å². The number of allylic oxidation sites excluding steroid dienone is 1. The number of hydrogen-bond acceptors (Lipinski definition) is 2. The number of amides is 1. The number of halogens is 2. The minimum atomic E-state index is -1.87. The second kappa shape index (κ2) is 7.22. The molecule has 0 saturated heterocycles. The predicted molar refractivity (Wildman–Crippen MR) is 103 cm³/mol. The third-order valence-corrected chi connectivity index (χ3v) is 4.95. The van der Waals surface area contributed by atoms with Gasteiger partial charge < -0.3 is 5.32 Å². The van der Waals surface area contributed by atoms with Crippen LogP contribution in [0.2, 0.25) is 0 Å². The van der Waals surface area contributed by atoms with Gasteiger partial charge in [-0.05, 0) is 48.1 Å². The van der Waals surface area contributed by atoms with Crippen LogP contribution in [0.15, 0.2) is 54.2 Å². The van der Waals surface area contributed by atoms with Crippen LogP contribution in [0.4, 0.5) is 14.5 Å². The Kier molecular flexibility index (Phi) is 5.13. The Balaban J connectivity index is 1.69. The highest BCUT2D eigenvalue weighted by Crippen LogP contribution is 2.40. The van der Waals surface area contributed by atoms with Crippen molar-refractivity contribution in [1.82, 2.24) is 4.98 Å². The maximum atomic E-state index is 15.1. The average molecular weight is 370 g/mol. The average Bonchev–Trinajstić information content (AvgIpc) is 2.62. The molecule has 1 aliphatic carbocycles. The first-order chi connectivity index (χ1) is 12.7. The van der Waals surface area contributed by atoms with E-state index in [0.717, 1.165) is 0 Å². The fourth-order valence-electron chi connectivity index (χ4n) is 3.22. The van der Waals surface area contributed by atoms with Crippen LogP contribution in [-0.2, 0) is 15.9 Å². The summed E-state index contributed by atoms with van der Waals surface area (Å²) >= 11 is 0. The van der Waals surface area contributed by atoms with E-state index in [2.05, 4.69) is 31.1 Å². The quantitative estimate of drug-likeness (QED) is 0.782. The molecule has 3 rings (SSSR count). The number of nitrogens with one attached hydrogen (secondary N) is 1. The van der Waals surface area contributed by atoms with E-state index in [1.165, 1.54) is 23.9 Å². The van der Waals surface area contributed by atoms with Gasteiger partial charge in [0.05, 0.1) is 0 Å². The van der Waals surface area contributed by atoms with Gasteiger partial charge in [-0.3, -0.25) is 9.78 Å². The van der Waals surface area contributed by atoms with Crippen LogP contribution >= 0.6 is 0 Å². The van der Waals surface area contributed by atoms with Crippen molar-refractivity contribution in [1.29, 1.82) is 0 Å². The molecule has 27 heavy (non-hydrogen) atoms. The molecular formula is C22H24F2N2O. The summed E-state index contributed by atoms with van der Waals surface area (Å²) < 4.78 is 29.0. The van der Waals surface area contributed by atoms with E-state index in [1.807, 2.05) is 24.3 Å². The Morgan fingerprint density at radius 1 is 1.19 bits per heavy atom. The molecule has 0 spiro atoms. The highest BCUT2D eigenvalue weighted by molar-refractivity contribution is 6.03. The molecule has 0 bridgehead atoms. The lowest BCUT2D eigenvalue weighted by atomic mass is 9.83. The highest BCUT2D eigenvalue weighted by Gasteiger charge is 2.38. The first-order valence-corrected chi connectivity index (χ1v) is 9.10. The molecule has 1 aromatic heterocycles. The highest BCUT2D eigenvalue weighted by atomic mass is 19.1. The standard InChI is InChI=1S/C22H24F2N2O/c1-21(2,3)16-6-8-17(9-7-16)26-20(27)15-10-12-22(24,13-11-15)19-18(23)5-4-14-25-19/h4-10,14H,11-13H2,1-3H3,(H,26,27). The van der Waals surface area contributed by atoms with E-state index in [-0.39, 0.29) is 36.3 Å². The lowest BCUT2D eigenvalue weighted by Crippen LogP contribution is -2.28. The fourth-order valence-corrected chi connectivity index (χ4v) is 3.22. The van der Waals surface area contributed by atoms with Crippen LogP contribution in [0, 0.1) is 5.82 Å². The van der Waals surface area contributed by atoms with E-state index in [1.54, 1.807) is 6.08 Å². The molecule has 2 aromatic rings. The molecule has 142 valence electrons. The molecule has 1 aliphatic rings. The van der Waals surface area contributed by atoms with Crippen molar-refractivity contribution in [2.75, 3.05) is 5.32 Å². The van der Waals surface area contributed by atoms with Gasteiger partial charge in [0.15, 0.2) is 5.67 Å². The summed E-state index contributed by atoms with van der Waals surface area (Å²) in [6, 6.07) is 10.3. The van der Waals surface area contributed by atoms with E-state index in [9.17, 15) is 9.18 Å². The molecule has 1 N–H and O–H groups in total. The Morgan fingerprint density at radius 2 is 1.89 bits per heavy atom. The van der Waals surface area contributed by atoms with Gasteiger partial charge in [-0.15, -0.1) is 0 Å². The molecule has 1 unspecified atom stereocenters. The Hall–Kier alpha value is -2.56. The number of pyridine rings is 1. The first-order valence-electron chi connectivity index (χ1n) is 9.10. The summed E-state index contributed by atoms with van der Waals surface area (Å²) in [5.74, 6) is -0.901. The van der Waals surface area contributed by atoms with Crippen LogP contribution in [-0.4, -0.2) is 10.9 Å². The van der Waals surface area contributed by atoms with Gasteiger partial charge in [-0.25, -0.2) is 8.78 Å². The van der Waals surface area contributed by atoms with Crippen molar-refractivity contribution in [3.63, 3.8) is 0 Å².